The quantitative estimate of drug-likeness (QED) is 0.833. The molecule has 3 heteroatoms. The van der Waals surface area contributed by atoms with E-state index in [1.54, 1.807) is 0 Å². The Morgan fingerprint density at radius 3 is 2.52 bits per heavy atom. The highest BCUT2D eigenvalue weighted by atomic mass is 15.2. The van der Waals surface area contributed by atoms with Crippen molar-refractivity contribution in [1.29, 1.82) is 0 Å². The number of benzene rings is 1. The SMILES string of the molecule is CCNC(CCN(C)C1CCN(C)CC1)c1ccccc1. The first kappa shape index (κ1) is 16.5. The Labute approximate surface area is 130 Å². The summed E-state index contributed by atoms with van der Waals surface area (Å²) in [5.41, 5.74) is 1.41. The lowest BCUT2D eigenvalue weighted by atomic mass is 10.0. The standard InChI is InChI=1S/C18H31N3/c1-4-19-18(16-8-6-5-7-9-16)12-15-21(3)17-10-13-20(2)14-11-17/h5-9,17-19H,4,10-15H2,1-3H3. The van der Waals surface area contributed by atoms with Gasteiger partial charge in [0.25, 0.3) is 0 Å². The Kier molecular flexibility index (Phi) is 6.68. The summed E-state index contributed by atoms with van der Waals surface area (Å²) in [5.74, 6) is 0. The van der Waals surface area contributed by atoms with Crippen LogP contribution in [0.15, 0.2) is 30.3 Å². The van der Waals surface area contributed by atoms with Crippen molar-refractivity contribution >= 4 is 0 Å². The van der Waals surface area contributed by atoms with Crippen molar-refractivity contribution in [2.75, 3.05) is 40.3 Å². The highest BCUT2D eigenvalue weighted by Crippen LogP contribution is 2.19. The molecule has 1 saturated heterocycles. The van der Waals surface area contributed by atoms with Gasteiger partial charge in [-0.05, 0) is 65.1 Å². The van der Waals surface area contributed by atoms with Gasteiger partial charge in [-0.15, -0.1) is 0 Å². The van der Waals surface area contributed by atoms with Gasteiger partial charge in [0.1, 0.15) is 0 Å². The van der Waals surface area contributed by atoms with Crippen LogP contribution in [0.1, 0.15) is 37.8 Å². The van der Waals surface area contributed by atoms with E-state index in [9.17, 15) is 0 Å². The minimum absolute atomic E-state index is 0.477. The molecule has 1 heterocycles. The summed E-state index contributed by atoms with van der Waals surface area (Å²) in [4.78, 5) is 5.01. The van der Waals surface area contributed by atoms with Gasteiger partial charge in [0.05, 0.1) is 0 Å². The van der Waals surface area contributed by atoms with Gasteiger partial charge in [0.2, 0.25) is 0 Å². The second-order valence-electron chi connectivity index (χ2n) is 6.32. The third kappa shape index (κ3) is 5.10. The molecule has 1 aromatic carbocycles. The molecule has 0 amide bonds. The summed E-state index contributed by atoms with van der Waals surface area (Å²) in [6.07, 6.45) is 3.80. The molecule has 1 fully saturated rings. The van der Waals surface area contributed by atoms with Crippen LogP contribution >= 0.6 is 0 Å². The number of likely N-dealkylation sites (tertiary alicyclic amines) is 1. The minimum atomic E-state index is 0.477. The van der Waals surface area contributed by atoms with Gasteiger partial charge in [-0.2, -0.15) is 0 Å². The molecule has 1 aliphatic heterocycles. The Morgan fingerprint density at radius 2 is 1.90 bits per heavy atom. The number of hydrogen-bond donors (Lipinski definition) is 1. The fraction of sp³-hybridized carbons (Fsp3) is 0.667. The maximum atomic E-state index is 3.63. The van der Waals surface area contributed by atoms with E-state index in [0.717, 1.165) is 12.6 Å². The van der Waals surface area contributed by atoms with Crippen LogP contribution in [-0.2, 0) is 0 Å². The molecular formula is C18H31N3. The molecular weight excluding hydrogens is 258 g/mol. The maximum absolute atomic E-state index is 3.63. The van der Waals surface area contributed by atoms with Crippen LogP contribution in [0.2, 0.25) is 0 Å². The molecule has 21 heavy (non-hydrogen) atoms. The zero-order valence-electron chi connectivity index (χ0n) is 13.9. The van der Waals surface area contributed by atoms with Crippen molar-refractivity contribution in [1.82, 2.24) is 15.1 Å². The van der Waals surface area contributed by atoms with Gasteiger partial charge in [-0.1, -0.05) is 37.3 Å². The monoisotopic (exact) mass is 289 g/mol. The molecule has 2 rings (SSSR count). The number of nitrogens with one attached hydrogen (secondary N) is 1. The fourth-order valence-electron chi connectivity index (χ4n) is 3.27. The van der Waals surface area contributed by atoms with E-state index < -0.39 is 0 Å². The zero-order valence-corrected chi connectivity index (χ0v) is 13.9. The maximum Gasteiger partial charge on any atom is 0.0332 e. The Bertz CT molecular complexity index is 385. The molecule has 1 unspecified atom stereocenters. The van der Waals surface area contributed by atoms with Gasteiger partial charge in [0, 0.05) is 12.1 Å². The van der Waals surface area contributed by atoms with E-state index in [-0.39, 0.29) is 0 Å². The predicted molar refractivity (Wildman–Crippen MR) is 90.6 cm³/mol. The summed E-state index contributed by atoms with van der Waals surface area (Å²) in [6.45, 7) is 6.86. The van der Waals surface area contributed by atoms with Crippen LogP contribution in [0.5, 0.6) is 0 Å². The number of nitrogens with zero attached hydrogens (tertiary/aromatic N) is 2. The molecule has 1 atom stereocenters. The molecule has 1 N–H and O–H groups in total. The lowest BCUT2D eigenvalue weighted by molar-refractivity contribution is 0.140. The lowest BCUT2D eigenvalue weighted by Gasteiger charge is -2.35. The topological polar surface area (TPSA) is 18.5 Å². The first-order valence-electron chi connectivity index (χ1n) is 8.37. The molecule has 0 aromatic heterocycles. The summed E-state index contributed by atoms with van der Waals surface area (Å²) < 4.78 is 0. The van der Waals surface area contributed by atoms with Crippen molar-refractivity contribution < 1.29 is 0 Å². The van der Waals surface area contributed by atoms with E-state index in [2.05, 4.69) is 66.5 Å². The third-order valence-corrected chi connectivity index (χ3v) is 4.73. The molecule has 1 aromatic rings. The van der Waals surface area contributed by atoms with E-state index >= 15 is 0 Å². The molecule has 118 valence electrons. The molecule has 0 spiro atoms. The van der Waals surface area contributed by atoms with Crippen LogP contribution in [0, 0.1) is 0 Å². The van der Waals surface area contributed by atoms with Crippen molar-refractivity contribution in [3.05, 3.63) is 35.9 Å². The van der Waals surface area contributed by atoms with Crippen LogP contribution in [-0.4, -0.2) is 56.1 Å². The third-order valence-electron chi connectivity index (χ3n) is 4.73. The van der Waals surface area contributed by atoms with Crippen LogP contribution in [0.25, 0.3) is 0 Å². The lowest BCUT2D eigenvalue weighted by Crippen LogP contribution is -2.42. The Morgan fingerprint density at radius 1 is 1.24 bits per heavy atom. The van der Waals surface area contributed by atoms with Crippen molar-refractivity contribution in [2.45, 2.75) is 38.3 Å². The van der Waals surface area contributed by atoms with Crippen molar-refractivity contribution in [3.63, 3.8) is 0 Å². The van der Waals surface area contributed by atoms with Crippen molar-refractivity contribution in [2.24, 2.45) is 0 Å². The molecule has 0 radical (unpaired) electrons. The first-order chi connectivity index (χ1) is 10.2. The number of piperidine rings is 1. The molecule has 0 bridgehead atoms. The second-order valence-corrected chi connectivity index (χ2v) is 6.32. The Hall–Kier alpha value is -0.900. The van der Waals surface area contributed by atoms with Gasteiger partial charge in [-0.25, -0.2) is 0 Å². The van der Waals surface area contributed by atoms with Crippen LogP contribution in [0.3, 0.4) is 0 Å². The van der Waals surface area contributed by atoms with Gasteiger partial charge in [-0.3, -0.25) is 0 Å². The first-order valence-corrected chi connectivity index (χ1v) is 8.37. The van der Waals surface area contributed by atoms with E-state index in [4.69, 9.17) is 0 Å². The molecule has 3 nitrogen and oxygen atoms in total. The summed E-state index contributed by atoms with van der Waals surface area (Å²) >= 11 is 0. The van der Waals surface area contributed by atoms with Crippen LogP contribution in [0.4, 0.5) is 0 Å². The summed E-state index contributed by atoms with van der Waals surface area (Å²) in [5, 5.41) is 3.63. The average molecular weight is 289 g/mol. The molecule has 0 aliphatic carbocycles. The number of rotatable bonds is 7. The molecule has 1 aliphatic rings. The highest BCUT2D eigenvalue weighted by molar-refractivity contribution is 5.18. The summed E-state index contributed by atoms with van der Waals surface area (Å²) in [7, 11) is 4.52. The van der Waals surface area contributed by atoms with Gasteiger partial charge < -0.3 is 15.1 Å². The van der Waals surface area contributed by atoms with E-state index in [0.29, 0.717) is 6.04 Å². The van der Waals surface area contributed by atoms with Gasteiger partial charge in [0.15, 0.2) is 0 Å². The largest absolute Gasteiger partial charge is 0.310 e. The Balaban J connectivity index is 1.84. The fourth-order valence-corrected chi connectivity index (χ4v) is 3.27. The zero-order chi connectivity index (χ0) is 15.1. The van der Waals surface area contributed by atoms with Crippen LogP contribution < -0.4 is 5.32 Å². The highest BCUT2D eigenvalue weighted by Gasteiger charge is 2.21. The summed E-state index contributed by atoms with van der Waals surface area (Å²) in [6, 6.07) is 12.1. The van der Waals surface area contributed by atoms with E-state index in [1.165, 1.54) is 44.5 Å². The average Bonchev–Trinajstić information content (AvgIpc) is 2.52. The minimum Gasteiger partial charge on any atom is -0.310 e. The number of hydrogen-bond acceptors (Lipinski definition) is 3. The normalized spacial score (nSPS) is 19.0. The smallest absolute Gasteiger partial charge is 0.0332 e. The van der Waals surface area contributed by atoms with Gasteiger partial charge >= 0.3 is 0 Å². The second kappa shape index (κ2) is 8.52. The predicted octanol–water partition coefficient (Wildman–Crippen LogP) is 2.75. The van der Waals surface area contributed by atoms with Crippen molar-refractivity contribution in [3.8, 4) is 0 Å². The van der Waals surface area contributed by atoms with E-state index in [1.807, 2.05) is 0 Å². The molecule has 0 saturated carbocycles.